The van der Waals surface area contributed by atoms with Gasteiger partial charge in [-0.05, 0) is 26.7 Å². The molecule has 0 saturated carbocycles. The molecular formula is C12H19N3O2. The highest BCUT2D eigenvalue weighted by molar-refractivity contribution is 5.47. The van der Waals surface area contributed by atoms with Gasteiger partial charge in [-0.1, -0.05) is 0 Å². The number of nitrogens with zero attached hydrogens (tertiary/aromatic N) is 2. The molecule has 0 radical (unpaired) electrons. The lowest BCUT2D eigenvalue weighted by atomic mass is 10.0. The van der Waals surface area contributed by atoms with Crippen molar-refractivity contribution in [3.8, 4) is 5.88 Å². The number of anilines is 1. The van der Waals surface area contributed by atoms with Crippen LogP contribution < -0.4 is 10.1 Å². The molecule has 0 aliphatic carbocycles. The predicted octanol–water partition coefficient (Wildman–Crippen LogP) is 1.77. The summed E-state index contributed by atoms with van der Waals surface area (Å²) >= 11 is 0. The Morgan fingerprint density at radius 1 is 1.53 bits per heavy atom. The summed E-state index contributed by atoms with van der Waals surface area (Å²) in [6, 6.07) is 0. The van der Waals surface area contributed by atoms with Gasteiger partial charge in [0, 0.05) is 13.2 Å². The van der Waals surface area contributed by atoms with Crippen LogP contribution in [-0.2, 0) is 4.74 Å². The lowest BCUT2D eigenvalue weighted by Crippen LogP contribution is -2.33. The van der Waals surface area contributed by atoms with Gasteiger partial charge in [-0.25, -0.2) is 9.97 Å². The highest BCUT2D eigenvalue weighted by Crippen LogP contribution is 2.26. The fraction of sp³-hybridized carbons (Fsp3) is 0.667. The van der Waals surface area contributed by atoms with Gasteiger partial charge < -0.3 is 14.8 Å². The second-order valence-corrected chi connectivity index (χ2v) is 4.61. The first-order valence-electron chi connectivity index (χ1n) is 5.88. The number of nitrogens with one attached hydrogen (secondary N) is 1. The molecule has 0 spiro atoms. The van der Waals surface area contributed by atoms with Crippen molar-refractivity contribution in [3.63, 3.8) is 0 Å². The summed E-state index contributed by atoms with van der Waals surface area (Å²) in [7, 11) is 1.61. The third-order valence-corrected chi connectivity index (χ3v) is 3.16. The van der Waals surface area contributed by atoms with Crippen molar-refractivity contribution in [3.05, 3.63) is 11.9 Å². The zero-order valence-corrected chi connectivity index (χ0v) is 10.6. The van der Waals surface area contributed by atoms with E-state index >= 15 is 0 Å². The minimum atomic E-state index is -0.0787. The van der Waals surface area contributed by atoms with Crippen LogP contribution >= 0.6 is 0 Å². The Balaban J connectivity index is 2.03. The Labute approximate surface area is 102 Å². The molecule has 2 rings (SSSR count). The smallest absolute Gasteiger partial charge is 0.221 e. The van der Waals surface area contributed by atoms with E-state index in [1.54, 1.807) is 7.11 Å². The number of ether oxygens (including phenoxy) is 2. The molecule has 1 aromatic rings. The highest BCUT2D eigenvalue weighted by Gasteiger charge is 2.29. The van der Waals surface area contributed by atoms with Gasteiger partial charge in [0.1, 0.15) is 12.1 Å². The zero-order chi connectivity index (χ0) is 12.3. The van der Waals surface area contributed by atoms with Crippen LogP contribution in [0.15, 0.2) is 6.33 Å². The SMILES string of the molecule is COc1ncnc(NCC2(C)CCCO2)c1C. The van der Waals surface area contributed by atoms with E-state index in [9.17, 15) is 0 Å². The molecule has 0 amide bonds. The summed E-state index contributed by atoms with van der Waals surface area (Å²) in [4.78, 5) is 8.27. The molecule has 17 heavy (non-hydrogen) atoms. The van der Waals surface area contributed by atoms with Crippen molar-refractivity contribution in [2.45, 2.75) is 32.3 Å². The fourth-order valence-corrected chi connectivity index (χ4v) is 2.06. The monoisotopic (exact) mass is 237 g/mol. The average Bonchev–Trinajstić information content (AvgIpc) is 2.75. The van der Waals surface area contributed by atoms with E-state index in [0.717, 1.165) is 37.4 Å². The van der Waals surface area contributed by atoms with Crippen molar-refractivity contribution in [1.29, 1.82) is 0 Å². The number of aromatic nitrogens is 2. The van der Waals surface area contributed by atoms with Gasteiger partial charge in [0.25, 0.3) is 0 Å². The summed E-state index contributed by atoms with van der Waals surface area (Å²) in [6.45, 7) is 5.68. The lowest BCUT2D eigenvalue weighted by Gasteiger charge is -2.24. The van der Waals surface area contributed by atoms with Crippen LogP contribution in [-0.4, -0.2) is 35.8 Å². The molecule has 1 aliphatic rings. The van der Waals surface area contributed by atoms with Crippen LogP contribution in [0.25, 0.3) is 0 Å². The molecule has 0 aromatic carbocycles. The molecule has 1 fully saturated rings. The molecule has 1 aliphatic heterocycles. The Hall–Kier alpha value is -1.36. The van der Waals surface area contributed by atoms with Crippen LogP contribution in [0.3, 0.4) is 0 Å². The second-order valence-electron chi connectivity index (χ2n) is 4.61. The normalized spacial score (nSPS) is 23.7. The van der Waals surface area contributed by atoms with Gasteiger partial charge in [-0.3, -0.25) is 0 Å². The van der Waals surface area contributed by atoms with E-state index < -0.39 is 0 Å². The molecule has 94 valence electrons. The average molecular weight is 237 g/mol. The van der Waals surface area contributed by atoms with Gasteiger partial charge >= 0.3 is 0 Å². The van der Waals surface area contributed by atoms with E-state index in [1.165, 1.54) is 6.33 Å². The summed E-state index contributed by atoms with van der Waals surface area (Å²) in [5.41, 5.74) is 0.849. The lowest BCUT2D eigenvalue weighted by molar-refractivity contribution is 0.0314. The Morgan fingerprint density at radius 3 is 3.00 bits per heavy atom. The summed E-state index contributed by atoms with van der Waals surface area (Å²) in [5.74, 6) is 1.42. The molecule has 1 N–H and O–H groups in total. The minimum absolute atomic E-state index is 0.0787. The zero-order valence-electron chi connectivity index (χ0n) is 10.6. The van der Waals surface area contributed by atoms with Crippen LogP contribution in [0.4, 0.5) is 5.82 Å². The Kier molecular flexibility index (Phi) is 3.47. The molecule has 2 heterocycles. The first-order valence-corrected chi connectivity index (χ1v) is 5.88. The molecule has 1 unspecified atom stereocenters. The van der Waals surface area contributed by atoms with Gasteiger partial charge in [-0.2, -0.15) is 0 Å². The molecule has 0 bridgehead atoms. The first kappa shape index (κ1) is 12.1. The van der Waals surface area contributed by atoms with Crippen LogP contribution in [0, 0.1) is 6.92 Å². The van der Waals surface area contributed by atoms with E-state index in [0.29, 0.717) is 5.88 Å². The van der Waals surface area contributed by atoms with Crippen molar-refractivity contribution in [2.75, 3.05) is 25.6 Å². The van der Waals surface area contributed by atoms with Gasteiger partial charge in [-0.15, -0.1) is 0 Å². The van der Waals surface area contributed by atoms with Crippen LogP contribution in [0.1, 0.15) is 25.3 Å². The molecular weight excluding hydrogens is 218 g/mol. The first-order chi connectivity index (χ1) is 8.14. The largest absolute Gasteiger partial charge is 0.481 e. The molecule has 5 heteroatoms. The second kappa shape index (κ2) is 4.87. The summed E-state index contributed by atoms with van der Waals surface area (Å²) in [6.07, 6.45) is 3.72. The highest BCUT2D eigenvalue weighted by atomic mass is 16.5. The molecule has 1 aromatic heterocycles. The van der Waals surface area contributed by atoms with Crippen LogP contribution in [0.2, 0.25) is 0 Å². The van der Waals surface area contributed by atoms with Crippen molar-refractivity contribution in [2.24, 2.45) is 0 Å². The number of hydrogen-bond acceptors (Lipinski definition) is 5. The van der Waals surface area contributed by atoms with Crippen molar-refractivity contribution in [1.82, 2.24) is 9.97 Å². The Bertz CT molecular complexity index is 389. The summed E-state index contributed by atoms with van der Waals surface area (Å²) < 4.78 is 10.9. The fourth-order valence-electron chi connectivity index (χ4n) is 2.06. The minimum Gasteiger partial charge on any atom is -0.481 e. The topological polar surface area (TPSA) is 56.3 Å². The van der Waals surface area contributed by atoms with E-state index in [1.807, 2.05) is 6.92 Å². The molecule has 5 nitrogen and oxygen atoms in total. The molecule has 1 atom stereocenters. The predicted molar refractivity (Wildman–Crippen MR) is 65.4 cm³/mol. The maximum Gasteiger partial charge on any atom is 0.221 e. The third-order valence-electron chi connectivity index (χ3n) is 3.16. The van der Waals surface area contributed by atoms with Crippen LogP contribution in [0.5, 0.6) is 5.88 Å². The molecule has 1 saturated heterocycles. The standard InChI is InChI=1S/C12H19N3O2/c1-9-10(14-8-15-11(9)16-3)13-7-12(2)5-4-6-17-12/h8H,4-7H2,1-3H3,(H,13,14,15). The van der Waals surface area contributed by atoms with E-state index in [2.05, 4.69) is 22.2 Å². The van der Waals surface area contributed by atoms with Gasteiger partial charge in [0.2, 0.25) is 5.88 Å². The van der Waals surface area contributed by atoms with Gasteiger partial charge in [0.05, 0.1) is 18.3 Å². The maximum absolute atomic E-state index is 5.72. The Morgan fingerprint density at radius 2 is 2.35 bits per heavy atom. The van der Waals surface area contributed by atoms with Crippen molar-refractivity contribution < 1.29 is 9.47 Å². The number of hydrogen-bond donors (Lipinski definition) is 1. The third kappa shape index (κ3) is 2.66. The van der Waals surface area contributed by atoms with E-state index in [4.69, 9.17) is 9.47 Å². The number of rotatable bonds is 4. The van der Waals surface area contributed by atoms with Gasteiger partial charge in [0.15, 0.2) is 0 Å². The quantitative estimate of drug-likeness (QED) is 0.865. The number of methoxy groups -OCH3 is 1. The summed E-state index contributed by atoms with van der Waals surface area (Å²) in [5, 5.41) is 3.31. The maximum atomic E-state index is 5.72. The van der Waals surface area contributed by atoms with E-state index in [-0.39, 0.29) is 5.60 Å². The van der Waals surface area contributed by atoms with Crippen molar-refractivity contribution >= 4 is 5.82 Å².